The van der Waals surface area contributed by atoms with E-state index in [-0.39, 0.29) is 24.5 Å². The van der Waals surface area contributed by atoms with E-state index in [1.165, 1.54) is 0 Å². The van der Waals surface area contributed by atoms with Gasteiger partial charge in [-0.3, -0.25) is 9.59 Å². The molecule has 148 valence electrons. The molecule has 0 radical (unpaired) electrons. The van der Waals surface area contributed by atoms with Crippen molar-refractivity contribution in [3.8, 4) is 5.75 Å². The number of likely N-dealkylation sites (N-methyl/N-ethyl adjacent to an activating group) is 1. The molecule has 0 N–H and O–H groups in total. The topological polar surface area (TPSA) is 49.9 Å². The number of ether oxygens (including phenoxy) is 1. The van der Waals surface area contributed by atoms with E-state index < -0.39 is 0 Å². The third-order valence-corrected chi connectivity index (χ3v) is 5.00. The second-order valence-corrected chi connectivity index (χ2v) is 6.91. The Morgan fingerprint density at radius 1 is 0.929 bits per heavy atom. The summed E-state index contributed by atoms with van der Waals surface area (Å²) in [7, 11) is 0. The maximum atomic E-state index is 12.8. The molecule has 0 spiro atoms. The molecule has 0 atom stereocenters. The number of carbonyl (C=O) groups is 2. The zero-order chi connectivity index (χ0) is 19.9. The third kappa shape index (κ3) is 4.53. The molecular formula is C23H28N2O3. The number of hydrogen-bond acceptors (Lipinski definition) is 4. The number of Topliss-reactive ketones (excluding diaryl/α,β-unsaturated/α-hetero) is 1. The number of para-hydroxylation sites is 2. The van der Waals surface area contributed by atoms with Gasteiger partial charge in [0.25, 0.3) is 0 Å². The van der Waals surface area contributed by atoms with Crippen molar-refractivity contribution in [2.75, 3.05) is 36.0 Å². The minimum absolute atomic E-state index is 0.000507. The molecule has 0 aromatic heterocycles. The number of fused-ring (bicyclic) bond motifs is 1. The number of anilines is 2. The van der Waals surface area contributed by atoms with Crippen LogP contribution in [-0.4, -0.2) is 37.9 Å². The lowest BCUT2D eigenvalue weighted by atomic mass is 10.1. The van der Waals surface area contributed by atoms with Crippen LogP contribution >= 0.6 is 0 Å². The lowest BCUT2D eigenvalue weighted by Gasteiger charge is -2.37. The summed E-state index contributed by atoms with van der Waals surface area (Å²) in [5.74, 6) is 0.746. The fourth-order valence-corrected chi connectivity index (χ4v) is 3.47. The summed E-state index contributed by atoms with van der Waals surface area (Å²) in [4.78, 5) is 29.4. The molecule has 5 nitrogen and oxygen atoms in total. The quantitative estimate of drug-likeness (QED) is 0.640. The summed E-state index contributed by atoms with van der Waals surface area (Å²) in [6.07, 6.45) is 1.37. The van der Waals surface area contributed by atoms with Gasteiger partial charge in [0.15, 0.2) is 5.78 Å². The van der Waals surface area contributed by atoms with Crippen LogP contribution in [0.1, 0.15) is 43.5 Å². The summed E-state index contributed by atoms with van der Waals surface area (Å²) in [5, 5.41) is 0. The van der Waals surface area contributed by atoms with Crippen LogP contribution in [0, 0.1) is 0 Å². The van der Waals surface area contributed by atoms with Crippen molar-refractivity contribution in [2.45, 2.75) is 33.1 Å². The minimum atomic E-state index is -0.0177. The van der Waals surface area contributed by atoms with Gasteiger partial charge in [-0.15, -0.1) is 0 Å². The van der Waals surface area contributed by atoms with Gasteiger partial charge < -0.3 is 14.5 Å². The molecule has 28 heavy (non-hydrogen) atoms. The van der Waals surface area contributed by atoms with Crippen LogP contribution < -0.4 is 14.5 Å². The highest BCUT2D eigenvalue weighted by molar-refractivity contribution is 6.02. The first-order chi connectivity index (χ1) is 13.6. The van der Waals surface area contributed by atoms with Crippen molar-refractivity contribution in [3.63, 3.8) is 0 Å². The summed E-state index contributed by atoms with van der Waals surface area (Å²) < 4.78 is 5.54. The van der Waals surface area contributed by atoms with E-state index in [0.717, 1.165) is 36.6 Å². The highest BCUT2D eigenvalue weighted by Crippen LogP contribution is 2.33. The predicted molar refractivity (Wildman–Crippen MR) is 112 cm³/mol. The molecule has 2 aromatic carbocycles. The van der Waals surface area contributed by atoms with Crippen molar-refractivity contribution in [1.29, 1.82) is 0 Å². The van der Waals surface area contributed by atoms with Crippen LogP contribution in [0.2, 0.25) is 0 Å². The molecule has 0 fully saturated rings. The van der Waals surface area contributed by atoms with Gasteiger partial charge in [0.1, 0.15) is 5.75 Å². The largest absolute Gasteiger partial charge is 0.494 e. The lowest BCUT2D eigenvalue weighted by molar-refractivity contribution is -0.118. The van der Waals surface area contributed by atoms with E-state index in [2.05, 4.69) is 18.7 Å². The first-order valence-electron chi connectivity index (χ1n) is 10.0. The van der Waals surface area contributed by atoms with Gasteiger partial charge in [0.05, 0.1) is 18.0 Å². The fraction of sp³-hybridized carbons (Fsp3) is 0.391. The SMILES string of the molecule is CCCOc1ccc(C(=O)CCC(=O)N2CCN(CC)c3ccccc32)cc1. The number of carbonyl (C=O) groups excluding carboxylic acids is 2. The Morgan fingerprint density at radius 2 is 1.64 bits per heavy atom. The average Bonchev–Trinajstić information content (AvgIpc) is 2.75. The van der Waals surface area contributed by atoms with Crippen LogP contribution in [0.5, 0.6) is 5.75 Å². The molecule has 1 amide bonds. The molecule has 1 aliphatic rings. The summed E-state index contributed by atoms with van der Waals surface area (Å²) in [6.45, 7) is 7.21. The Labute approximate surface area is 166 Å². The number of nitrogens with zero attached hydrogens (tertiary/aromatic N) is 2. The van der Waals surface area contributed by atoms with Crippen molar-refractivity contribution in [3.05, 3.63) is 54.1 Å². The van der Waals surface area contributed by atoms with Crippen molar-refractivity contribution in [1.82, 2.24) is 0 Å². The second-order valence-electron chi connectivity index (χ2n) is 6.91. The van der Waals surface area contributed by atoms with Gasteiger partial charge in [0, 0.05) is 38.0 Å². The number of rotatable bonds is 8. The van der Waals surface area contributed by atoms with Gasteiger partial charge in [-0.1, -0.05) is 19.1 Å². The Kier molecular flexibility index (Phi) is 6.69. The first kappa shape index (κ1) is 19.9. The molecular weight excluding hydrogens is 352 g/mol. The normalized spacial score (nSPS) is 13.2. The van der Waals surface area contributed by atoms with E-state index >= 15 is 0 Å². The lowest BCUT2D eigenvalue weighted by Crippen LogP contribution is -2.44. The van der Waals surface area contributed by atoms with Gasteiger partial charge in [-0.2, -0.15) is 0 Å². The summed E-state index contributed by atoms with van der Waals surface area (Å²) in [6, 6.07) is 15.1. The van der Waals surface area contributed by atoms with Gasteiger partial charge in [-0.05, 0) is 49.7 Å². The molecule has 0 unspecified atom stereocenters. The molecule has 3 rings (SSSR count). The Morgan fingerprint density at radius 3 is 2.32 bits per heavy atom. The highest BCUT2D eigenvalue weighted by Gasteiger charge is 2.25. The molecule has 1 aliphatic heterocycles. The number of benzene rings is 2. The highest BCUT2D eigenvalue weighted by atomic mass is 16.5. The Hall–Kier alpha value is -2.82. The Bertz CT molecular complexity index is 817. The van der Waals surface area contributed by atoms with Crippen LogP contribution in [-0.2, 0) is 4.79 Å². The van der Waals surface area contributed by atoms with Crippen molar-refractivity contribution in [2.24, 2.45) is 0 Å². The molecule has 5 heteroatoms. The van der Waals surface area contributed by atoms with E-state index in [9.17, 15) is 9.59 Å². The Balaban J connectivity index is 1.60. The zero-order valence-electron chi connectivity index (χ0n) is 16.7. The molecule has 0 saturated carbocycles. The standard InChI is InChI=1S/C23H28N2O3/c1-3-17-28-19-11-9-18(10-12-19)22(26)13-14-23(27)25-16-15-24(4-2)20-7-5-6-8-21(20)25/h5-12H,3-4,13-17H2,1-2H3. The van der Waals surface area contributed by atoms with E-state index in [0.29, 0.717) is 18.7 Å². The molecule has 2 aromatic rings. The monoisotopic (exact) mass is 380 g/mol. The number of hydrogen-bond donors (Lipinski definition) is 0. The smallest absolute Gasteiger partial charge is 0.227 e. The van der Waals surface area contributed by atoms with Crippen LogP contribution in [0.15, 0.2) is 48.5 Å². The average molecular weight is 380 g/mol. The maximum absolute atomic E-state index is 12.8. The molecule has 1 heterocycles. The van der Waals surface area contributed by atoms with E-state index in [1.54, 1.807) is 12.1 Å². The molecule has 0 saturated heterocycles. The molecule has 0 aliphatic carbocycles. The van der Waals surface area contributed by atoms with Crippen LogP contribution in [0.3, 0.4) is 0 Å². The van der Waals surface area contributed by atoms with Crippen LogP contribution in [0.25, 0.3) is 0 Å². The second kappa shape index (κ2) is 9.40. The predicted octanol–water partition coefficient (Wildman–Crippen LogP) is 4.31. The van der Waals surface area contributed by atoms with E-state index in [4.69, 9.17) is 4.74 Å². The van der Waals surface area contributed by atoms with Gasteiger partial charge >= 0.3 is 0 Å². The van der Waals surface area contributed by atoms with Gasteiger partial charge in [-0.25, -0.2) is 0 Å². The third-order valence-electron chi connectivity index (χ3n) is 5.00. The summed E-state index contributed by atoms with van der Waals surface area (Å²) >= 11 is 0. The summed E-state index contributed by atoms with van der Waals surface area (Å²) in [5.41, 5.74) is 2.64. The van der Waals surface area contributed by atoms with Crippen molar-refractivity contribution < 1.29 is 14.3 Å². The number of ketones is 1. The molecule has 0 bridgehead atoms. The van der Waals surface area contributed by atoms with Crippen LogP contribution in [0.4, 0.5) is 11.4 Å². The number of amides is 1. The maximum Gasteiger partial charge on any atom is 0.227 e. The fourth-order valence-electron chi connectivity index (χ4n) is 3.47. The van der Waals surface area contributed by atoms with Crippen molar-refractivity contribution >= 4 is 23.1 Å². The zero-order valence-corrected chi connectivity index (χ0v) is 16.7. The minimum Gasteiger partial charge on any atom is -0.494 e. The van der Waals surface area contributed by atoms with Gasteiger partial charge in [0.2, 0.25) is 5.91 Å². The van der Waals surface area contributed by atoms with E-state index in [1.807, 2.05) is 41.3 Å². The first-order valence-corrected chi connectivity index (χ1v) is 10.0.